The minimum atomic E-state index is -3.93. The molecule has 1 N–H and O–H groups in total. The summed E-state index contributed by atoms with van der Waals surface area (Å²) >= 11 is 1.42. The van der Waals surface area contributed by atoms with E-state index in [0.717, 1.165) is 22.3 Å². The number of rotatable bonds is 5. The lowest BCUT2D eigenvalue weighted by Gasteiger charge is -2.08. The van der Waals surface area contributed by atoms with Gasteiger partial charge in [0.1, 0.15) is 5.82 Å². The second-order valence-corrected chi connectivity index (χ2v) is 10.6. The van der Waals surface area contributed by atoms with Gasteiger partial charge in [0.25, 0.3) is 15.9 Å². The molecule has 3 aromatic carbocycles. The van der Waals surface area contributed by atoms with E-state index in [1.165, 1.54) is 41.2 Å². The van der Waals surface area contributed by atoms with Crippen LogP contribution < -0.4 is 9.52 Å². The summed E-state index contributed by atoms with van der Waals surface area (Å²) < 4.78 is 43.5. The zero-order valence-corrected chi connectivity index (χ0v) is 19.9. The van der Waals surface area contributed by atoms with Gasteiger partial charge < -0.3 is 4.57 Å². The Bertz CT molecular complexity index is 1520. The highest BCUT2D eigenvalue weighted by Gasteiger charge is 2.15. The molecular formula is C24H22FN3O3S2. The molecule has 0 spiro atoms. The molecule has 0 unspecified atom stereocenters. The number of fused-ring (bicyclic) bond motifs is 1. The molecular weight excluding hydrogens is 461 g/mol. The molecule has 0 fully saturated rings. The molecule has 0 aliphatic rings. The van der Waals surface area contributed by atoms with Gasteiger partial charge in [-0.05, 0) is 66.1 Å². The monoisotopic (exact) mass is 483 g/mol. The van der Waals surface area contributed by atoms with E-state index in [1.807, 2.05) is 17.7 Å². The van der Waals surface area contributed by atoms with Gasteiger partial charge in [-0.15, -0.1) is 0 Å². The van der Waals surface area contributed by atoms with Crippen LogP contribution in [0.2, 0.25) is 0 Å². The van der Waals surface area contributed by atoms with Crippen molar-refractivity contribution in [2.75, 3.05) is 4.72 Å². The van der Waals surface area contributed by atoms with Gasteiger partial charge in [0.2, 0.25) is 0 Å². The molecule has 9 heteroatoms. The molecule has 0 aliphatic heterocycles. The van der Waals surface area contributed by atoms with Crippen LogP contribution in [0.4, 0.5) is 10.1 Å². The quantitative estimate of drug-likeness (QED) is 0.432. The van der Waals surface area contributed by atoms with Crippen molar-refractivity contribution < 1.29 is 17.6 Å². The maximum Gasteiger partial charge on any atom is 0.279 e. The fraction of sp³-hybridized carbons (Fsp3) is 0.167. The number of carbonyl (C=O) groups excluding carboxylic acids is 1. The lowest BCUT2D eigenvalue weighted by Crippen LogP contribution is -2.14. The highest BCUT2D eigenvalue weighted by Crippen LogP contribution is 2.23. The van der Waals surface area contributed by atoms with Crippen LogP contribution in [0.1, 0.15) is 35.7 Å². The predicted molar refractivity (Wildman–Crippen MR) is 128 cm³/mol. The molecule has 33 heavy (non-hydrogen) atoms. The smallest absolute Gasteiger partial charge is 0.279 e. The number of thiazole rings is 1. The van der Waals surface area contributed by atoms with Crippen LogP contribution in [-0.4, -0.2) is 18.9 Å². The first-order valence-corrected chi connectivity index (χ1v) is 12.5. The van der Waals surface area contributed by atoms with Crippen molar-refractivity contribution >= 4 is 43.2 Å². The number of aromatic nitrogens is 1. The fourth-order valence-corrected chi connectivity index (χ4v) is 5.43. The zero-order chi connectivity index (χ0) is 23.8. The van der Waals surface area contributed by atoms with Gasteiger partial charge in [-0.3, -0.25) is 9.52 Å². The predicted octanol–water partition coefficient (Wildman–Crippen LogP) is 5.04. The highest BCUT2D eigenvalue weighted by atomic mass is 32.2. The molecule has 1 aromatic heterocycles. The normalized spacial score (nSPS) is 12.5. The molecule has 0 radical (unpaired) electrons. The van der Waals surface area contributed by atoms with Crippen LogP contribution in [0.15, 0.2) is 76.6 Å². The van der Waals surface area contributed by atoms with Crippen LogP contribution in [0.25, 0.3) is 10.2 Å². The lowest BCUT2D eigenvalue weighted by atomic mass is 10.0. The molecule has 0 saturated carbocycles. The van der Waals surface area contributed by atoms with Gasteiger partial charge in [-0.1, -0.05) is 37.3 Å². The van der Waals surface area contributed by atoms with Crippen molar-refractivity contribution in [2.45, 2.75) is 24.7 Å². The number of amides is 1. The van der Waals surface area contributed by atoms with E-state index in [-0.39, 0.29) is 16.1 Å². The summed E-state index contributed by atoms with van der Waals surface area (Å²) in [7, 11) is -2.07. The number of hydrogen-bond donors (Lipinski definition) is 1. The number of sulfonamides is 1. The average molecular weight is 484 g/mol. The van der Waals surface area contributed by atoms with Gasteiger partial charge in [0.15, 0.2) is 4.80 Å². The molecule has 0 aliphatic carbocycles. The molecule has 170 valence electrons. The maximum atomic E-state index is 13.1. The number of halogens is 1. The molecule has 4 rings (SSSR count). The van der Waals surface area contributed by atoms with Crippen molar-refractivity contribution in [3.8, 4) is 0 Å². The van der Waals surface area contributed by atoms with E-state index < -0.39 is 21.7 Å². The molecule has 0 atom stereocenters. The van der Waals surface area contributed by atoms with E-state index in [1.54, 1.807) is 12.1 Å². The van der Waals surface area contributed by atoms with Crippen molar-refractivity contribution in [3.63, 3.8) is 0 Å². The average Bonchev–Trinajstić information content (AvgIpc) is 3.08. The number of benzene rings is 3. The lowest BCUT2D eigenvalue weighted by molar-refractivity contribution is 0.0998. The Balaban J connectivity index is 1.63. The molecule has 0 saturated heterocycles. The number of carbonyl (C=O) groups is 1. The van der Waals surface area contributed by atoms with Gasteiger partial charge >= 0.3 is 0 Å². The third-order valence-electron chi connectivity index (χ3n) is 5.18. The third kappa shape index (κ3) is 4.89. The Kier molecular flexibility index (Phi) is 6.18. The number of aryl methyl sites for hydroxylation is 1. The van der Waals surface area contributed by atoms with Crippen LogP contribution in [-0.2, 0) is 17.1 Å². The number of nitrogens with one attached hydrogen (secondary N) is 1. The van der Waals surface area contributed by atoms with E-state index >= 15 is 0 Å². The van der Waals surface area contributed by atoms with Crippen LogP contribution in [0, 0.1) is 5.82 Å². The summed E-state index contributed by atoms with van der Waals surface area (Å²) in [5, 5.41) is 0. The number of hydrogen-bond acceptors (Lipinski definition) is 4. The molecule has 1 heterocycles. The zero-order valence-electron chi connectivity index (χ0n) is 18.2. The fourth-order valence-electron chi connectivity index (χ4n) is 3.31. The minimum Gasteiger partial charge on any atom is -0.319 e. The minimum absolute atomic E-state index is 0.0802. The van der Waals surface area contributed by atoms with Gasteiger partial charge in [-0.2, -0.15) is 4.99 Å². The standard InChI is InChI=1S/C24H22FN3O3S2/c1-15(2)16-7-12-21-22(14-16)32-24(28(21)3)26-23(29)17-5-4-6-19(13-17)27-33(30,31)20-10-8-18(25)9-11-20/h4-15,27H,1-3H3. The first-order chi connectivity index (χ1) is 15.6. The largest absolute Gasteiger partial charge is 0.319 e. The summed E-state index contributed by atoms with van der Waals surface area (Å²) in [5.41, 5.74) is 2.65. The Labute approximate surface area is 195 Å². The van der Waals surface area contributed by atoms with Gasteiger partial charge in [0, 0.05) is 18.3 Å². The van der Waals surface area contributed by atoms with Crippen molar-refractivity contribution in [1.82, 2.24) is 4.57 Å². The Morgan fingerprint density at radius 2 is 1.79 bits per heavy atom. The second kappa shape index (κ2) is 8.92. The molecule has 0 bridgehead atoms. The SMILES string of the molecule is CC(C)c1ccc2c(c1)sc(=NC(=O)c1cccc(NS(=O)(=O)c3ccc(F)cc3)c1)n2C. The second-order valence-electron chi connectivity index (χ2n) is 7.88. The van der Waals surface area contributed by atoms with E-state index in [0.29, 0.717) is 10.7 Å². The number of nitrogens with zero attached hydrogens (tertiary/aromatic N) is 2. The van der Waals surface area contributed by atoms with E-state index in [9.17, 15) is 17.6 Å². The van der Waals surface area contributed by atoms with E-state index in [4.69, 9.17) is 0 Å². The van der Waals surface area contributed by atoms with E-state index in [2.05, 4.69) is 35.7 Å². The summed E-state index contributed by atoms with van der Waals surface area (Å²) in [6.07, 6.45) is 0. The first kappa shape index (κ1) is 22.9. The van der Waals surface area contributed by atoms with Crippen LogP contribution in [0.5, 0.6) is 0 Å². The highest BCUT2D eigenvalue weighted by molar-refractivity contribution is 7.92. The van der Waals surface area contributed by atoms with Crippen LogP contribution >= 0.6 is 11.3 Å². The van der Waals surface area contributed by atoms with Gasteiger partial charge in [0.05, 0.1) is 15.1 Å². The summed E-state index contributed by atoms with van der Waals surface area (Å²) in [6.45, 7) is 4.25. The Morgan fingerprint density at radius 1 is 1.06 bits per heavy atom. The summed E-state index contributed by atoms with van der Waals surface area (Å²) in [6, 6.07) is 16.8. The maximum absolute atomic E-state index is 13.1. The number of anilines is 1. The molecule has 4 aromatic rings. The van der Waals surface area contributed by atoms with Crippen molar-refractivity contribution in [1.29, 1.82) is 0 Å². The molecule has 6 nitrogen and oxygen atoms in total. The first-order valence-electron chi connectivity index (χ1n) is 10.2. The third-order valence-corrected chi connectivity index (χ3v) is 7.67. The summed E-state index contributed by atoms with van der Waals surface area (Å²) in [5.74, 6) is -0.618. The summed E-state index contributed by atoms with van der Waals surface area (Å²) in [4.78, 5) is 17.6. The topological polar surface area (TPSA) is 80.5 Å². The van der Waals surface area contributed by atoms with Crippen molar-refractivity contribution in [2.24, 2.45) is 12.0 Å². The van der Waals surface area contributed by atoms with Crippen molar-refractivity contribution in [3.05, 3.63) is 88.5 Å². The van der Waals surface area contributed by atoms with Gasteiger partial charge in [-0.25, -0.2) is 12.8 Å². The Morgan fingerprint density at radius 3 is 2.48 bits per heavy atom. The molecule has 1 amide bonds. The Hall–Kier alpha value is -3.30. The van der Waals surface area contributed by atoms with Crippen LogP contribution in [0.3, 0.4) is 0 Å².